The van der Waals surface area contributed by atoms with Gasteiger partial charge in [0.15, 0.2) is 6.61 Å². The minimum atomic E-state index is -4.43. The largest absolute Gasteiger partial charge is 0.487 e. The fraction of sp³-hybridized carbons (Fsp3) is 0.641. The molecule has 1 amide bonds. The average Bonchev–Trinajstić information content (AvgIpc) is 3.11. The maximum absolute atomic E-state index is 13.3. The monoisotopic (exact) mass is 774 g/mol. The fourth-order valence-corrected chi connectivity index (χ4v) is 7.37. The van der Waals surface area contributed by atoms with Crippen LogP contribution in [0.2, 0.25) is 0 Å². The lowest BCUT2D eigenvalue weighted by Gasteiger charge is -2.20. The van der Waals surface area contributed by atoms with Crippen molar-refractivity contribution in [3.05, 3.63) is 64.7 Å². The van der Waals surface area contributed by atoms with Crippen molar-refractivity contribution < 1.29 is 41.1 Å². The Balaban J connectivity index is 1.88. The third kappa shape index (κ3) is 20.6. The molecule has 0 unspecified atom stereocenters. The normalized spacial score (nSPS) is 12.9. The van der Waals surface area contributed by atoms with E-state index in [0.717, 1.165) is 24.8 Å². The van der Waals surface area contributed by atoms with Gasteiger partial charge in [0, 0.05) is 24.7 Å². The molecule has 2 aromatic rings. The van der Waals surface area contributed by atoms with E-state index < -0.39 is 26.4 Å². The summed E-state index contributed by atoms with van der Waals surface area (Å²) in [6, 6.07) is 9.58. The number of rotatable bonds is 29. The van der Waals surface area contributed by atoms with E-state index >= 15 is 0 Å². The Hall–Kier alpha value is -2.59. The SMILES string of the molecule is CCCCCCCCCCCCCCCC(=O)N[C@@H](/C=C(\Cl)P(=O)(OCC)OCC)CCc1ccc(OCc2cc(OCC(F)(F)F)ccn2)cc1. The fourth-order valence-electron chi connectivity index (χ4n) is 5.56. The summed E-state index contributed by atoms with van der Waals surface area (Å²) in [5.74, 6) is 0.508. The number of aryl methyl sites for hydroxylation is 1. The Kier molecular flexibility index (Phi) is 23.0. The molecule has 1 aromatic heterocycles. The lowest BCUT2D eigenvalue weighted by Crippen LogP contribution is -2.34. The first-order valence-corrected chi connectivity index (χ1v) is 20.8. The molecule has 0 bridgehead atoms. The molecule has 1 heterocycles. The second kappa shape index (κ2) is 26.2. The van der Waals surface area contributed by atoms with Crippen LogP contribution in [0.4, 0.5) is 13.2 Å². The Labute approximate surface area is 314 Å². The summed E-state index contributed by atoms with van der Waals surface area (Å²) in [6.45, 7) is 4.62. The molecule has 0 saturated carbocycles. The quantitative estimate of drug-likeness (QED) is 0.0649. The minimum absolute atomic E-state index is 0.0406. The molecular weight excluding hydrogens is 716 g/mol. The van der Waals surface area contributed by atoms with Gasteiger partial charge >= 0.3 is 13.8 Å². The summed E-state index contributed by atoms with van der Waals surface area (Å²) in [5, 5.41) is 3.05. The van der Waals surface area contributed by atoms with E-state index in [1.807, 2.05) is 12.1 Å². The molecule has 13 heteroatoms. The smallest absolute Gasteiger partial charge is 0.422 e. The van der Waals surface area contributed by atoms with Crippen molar-refractivity contribution in [1.82, 2.24) is 10.3 Å². The van der Waals surface area contributed by atoms with Gasteiger partial charge in [0.25, 0.3) is 0 Å². The number of halogens is 4. The molecule has 0 aliphatic rings. The van der Waals surface area contributed by atoms with Crippen molar-refractivity contribution in [2.24, 2.45) is 0 Å². The van der Waals surface area contributed by atoms with Gasteiger partial charge in [-0.15, -0.1) is 0 Å². The molecule has 1 N–H and O–H groups in total. The summed E-state index contributed by atoms with van der Waals surface area (Å²) in [7, 11) is -3.71. The summed E-state index contributed by atoms with van der Waals surface area (Å²) in [4.78, 5) is 17.1. The minimum Gasteiger partial charge on any atom is -0.487 e. The van der Waals surface area contributed by atoms with Crippen LogP contribution in [0.1, 0.15) is 128 Å². The number of hydrogen-bond acceptors (Lipinski definition) is 7. The molecule has 294 valence electrons. The van der Waals surface area contributed by atoms with Crippen molar-refractivity contribution in [1.29, 1.82) is 0 Å². The molecule has 0 saturated heterocycles. The predicted molar refractivity (Wildman–Crippen MR) is 202 cm³/mol. The van der Waals surface area contributed by atoms with Crippen molar-refractivity contribution in [2.45, 2.75) is 142 Å². The molecule has 0 fully saturated rings. The Morgan fingerprint density at radius 2 is 1.42 bits per heavy atom. The van der Waals surface area contributed by atoms with Gasteiger partial charge in [0.05, 0.1) is 18.9 Å². The van der Waals surface area contributed by atoms with Crippen LogP contribution in [0.15, 0.2) is 53.4 Å². The van der Waals surface area contributed by atoms with Crippen molar-refractivity contribution >= 4 is 25.1 Å². The van der Waals surface area contributed by atoms with Gasteiger partial charge in [-0.3, -0.25) is 14.3 Å². The predicted octanol–water partition coefficient (Wildman–Crippen LogP) is 11.8. The highest BCUT2D eigenvalue weighted by atomic mass is 35.5. The van der Waals surface area contributed by atoms with Crippen LogP contribution in [0.3, 0.4) is 0 Å². The van der Waals surface area contributed by atoms with Crippen LogP contribution in [-0.2, 0) is 31.4 Å². The number of carbonyl (C=O) groups is 1. The maximum Gasteiger partial charge on any atom is 0.422 e. The van der Waals surface area contributed by atoms with Crippen LogP contribution in [0, 0.1) is 0 Å². The number of benzene rings is 1. The van der Waals surface area contributed by atoms with Crippen molar-refractivity contribution in [3.63, 3.8) is 0 Å². The molecule has 0 spiro atoms. The summed E-state index contributed by atoms with van der Waals surface area (Å²) >= 11 is 6.51. The summed E-state index contributed by atoms with van der Waals surface area (Å²) in [5.41, 5.74) is 1.38. The Morgan fingerprint density at radius 3 is 1.98 bits per heavy atom. The lowest BCUT2D eigenvalue weighted by molar-refractivity contribution is -0.153. The molecule has 1 atom stereocenters. The molecular formula is C39H59ClF3N2O6P. The zero-order valence-corrected chi connectivity index (χ0v) is 32.8. The number of pyridine rings is 1. The zero-order chi connectivity index (χ0) is 38.1. The van der Waals surface area contributed by atoms with E-state index in [1.165, 1.54) is 82.5 Å². The highest BCUT2D eigenvalue weighted by Crippen LogP contribution is 2.58. The molecule has 52 heavy (non-hydrogen) atoms. The second-order valence-corrected chi connectivity index (χ2v) is 15.5. The van der Waals surface area contributed by atoms with E-state index in [0.29, 0.717) is 30.7 Å². The van der Waals surface area contributed by atoms with Crippen LogP contribution >= 0.6 is 19.2 Å². The highest BCUT2D eigenvalue weighted by molar-refractivity contribution is 7.61. The number of amides is 1. The van der Waals surface area contributed by atoms with Crippen LogP contribution in [0.5, 0.6) is 11.5 Å². The summed E-state index contributed by atoms with van der Waals surface area (Å²) < 4.78 is 72.0. The average molecular weight is 775 g/mol. The first kappa shape index (κ1) is 45.6. The number of alkyl halides is 3. The first-order valence-electron chi connectivity index (χ1n) is 18.9. The van der Waals surface area contributed by atoms with Gasteiger partial charge in [-0.1, -0.05) is 108 Å². The molecule has 0 aliphatic carbocycles. The van der Waals surface area contributed by atoms with Gasteiger partial charge in [-0.25, -0.2) is 0 Å². The number of carbonyl (C=O) groups excluding carboxylic acids is 1. The van der Waals surface area contributed by atoms with Crippen molar-refractivity contribution in [2.75, 3.05) is 19.8 Å². The van der Waals surface area contributed by atoms with Gasteiger partial charge < -0.3 is 23.8 Å². The van der Waals surface area contributed by atoms with Crippen LogP contribution in [-0.4, -0.2) is 42.9 Å². The number of hydrogen-bond donors (Lipinski definition) is 1. The summed E-state index contributed by atoms with van der Waals surface area (Å²) in [6.07, 6.45) is 15.9. The van der Waals surface area contributed by atoms with E-state index in [2.05, 4.69) is 17.2 Å². The first-order chi connectivity index (χ1) is 25.0. The van der Waals surface area contributed by atoms with Gasteiger partial charge in [-0.2, -0.15) is 13.2 Å². The Bertz CT molecular complexity index is 1340. The highest BCUT2D eigenvalue weighted by Gasteiger charge is 2.30. The van der Waals surface area contributed by atoms with E-state index in [9.17, 15) is 22.5 Å². The molecule has 8 nitrogen and oxygen atoms in total. The lowest BCUT2D eigenvalue weighted by atomic mass is 10.0. The molecule has 0 aliphatic heterocycles. The van der Waals surface area contributed by atoms with Crippen LogP contribution < -0.4 is 14.8 Å². The third-order valence-corrected chi connectivity index (χ3v) is 10.9. The molecule has 1 aromatic carbocycles. The van der Waals surface area contributed by atoms with Gasteiger partial charge in [-0.05, 0) is 62.9 Å². The number of aromatic nitrogens is 1. The van der Waals surface area contributed by atoms with E-state index in [-0.39, 0.29) is 36.3 Å². The maximum atomic E-state index is 13.3. The number of nitrogens with zero attached hydrogens (tertiary/aromatic N) is 1. The third-order valence-electron chi connectivity index (χ3n) is 8.30. The Morgan fingerprint density at radius 1 is 0.846 bits per heavy atom. The van der Waals surface area contributed by atoms with Gasteiger partial charge in [0.1, 0.15) is 22.9 Å². The zero-order valence-electron chi connectivity index (χ0n) is 31.2. The molecule has 2 rings (SSSR count). The van der Waals surface area contributed by atoms with Crippen LogP contribution in [0.25, 0.3) is 0 Å². The van der Waals surface area contributed by atoms with Gasteiger partial charge in [0.2, 0.25) is 5.91 Å². The van der Waals surface area contributed by atoms with E-state index in [4.69, 9.17) is 30.1 Å². The topological polar surface area (TPSA) is 96.0 Å². The second-order valence-electron chi connectivity index (χ2n) is 12.8. The van der Waals surface area contributed by atoms with Crippen molar-refractivity contribution in [3.8, 4) is 11.5 Å². The number of ether oxygens (including phenoxy) is 2. The van der Waals surface area contributed by atoms with E-state index in [1.54, 1.807) is 32.1 Å². The number of nitrogens with one attached hydrogen (secondary N) is 1. The standard InChI is InChI=1S/C39H59ClF3N2O6P/c1-4-7-8-9-10-11-12-13-14-15-16-17-18-19-38(46)45-33(29-37(40)52(47,50-5-2)51-6-3)23-20-32-21-24-35(25-22-32)48-30-34-28-36(26-27-44-34)49-31-39(41,42)43/h21-22,24-29,33H,4-20,23,30-31H2,1-3H3,(H,45,46)/b37-29+/t33-/m1/s1. The number of unbranched alkanes of at least 4 members (excludes halogenated alkanes) is 12. The molecule has 0 radical (unpaired) electrons.